The summed E-state index contributed by atoms with van der Waals surface area (Å²) < 4.78 is 4.99. The van der Waals surface area contributed by atoms with Crippen LogP contribution in [0.5, 0.6) is 0 Å². The van der Waals surface area contributed by atoms with Gasteiger partial charge < -0.3 is 19.5 Å². The lowest BCUT2D eigenvalue weighted by atomic mass is 9.96. The van der Waals surface area contributed by atoms with Gasteiger partial charge in [-0.05, 0) is 19.9 Å². The highest BCUT2D eigenvalue weighted by molar-refractivity contribution is 5.76. The van der Waals surface area contributed by atoms with Crippen molar-refractivity contribution >= 4 is 5.91 Å². The molecule has 1 aromatic rings. The molecular weight excluding hydrogens is 308 g/mol. The van der Waals surface area contributed by atoms with Gasteiger partial charge in [0, 0.05) is 45.6 Å². The zero-order valence-electron chi connectivity index (χ0n) is 14.5. The summed E-state index contributed by atoms with van der Waals surface area (Å²) in [6.07, 6.45) is 3.11. The maximum Gasteiger partial charge on any atom is 0.255 e. The number of carbonyl (C=O) groups excluding carboxylic acids is 1. The van der Waals surface area contributed by atoms with Gasteiger partial charge in [-0.2, -0.15) is 0 Å². The van der Waals surface area contributed by atoms with Crippen LogP contribution in [0.25, 0.3) is 0 Å². The molecule has 1 fully saturated rings. The summed E-state index contributed by atoms with van der Waals surface area (Å²) in [5, 5.41) is 0. The first-order valence-corrected chi connectivity index (χ1v) is 8.65. The first-order chi connectivity index (χ1) is 11.6. The van der Waals surface area contributed by atoms with Gasteiger partial charge in [0.05, 0.1) is 24.3 Å². The molecule has 0 radical (unpaired) electrons. The van der Waals surface area contributed by atoms with Crippen LogP contribution in [0.15, 0.2) is 4.79 Å². The van der Waals surface area contributed by atoms with Crippen molar-refractivity contribution in [3.05, 3.63) is 27.4 Å². The standard InChI is InChI=1S/C17H26N4O3/c1-20-8-5-14-13(11-20)17(23)19-16(18-14)12-4-3-7-21(10-12)15(22)6-9-24-2/h12H,3-11H2,1-2H3,(H,18,19,23). The number of rotatable bonds is 4. The minimum atomic E-state index is -0.0237. The van der Waals surface area contributed by atoms with Crippen LogP contribution in [0.2, 0.25) is 0 Å². The molecule has 2 aliphatic heterocycles. The van der Waals surface area contributed by atoms with E-state index in [1.165, 1.54) is 0 Å². The number of aromatic nitrogens is 2. The van der Waals surface area contributed by atoms with Gasteiger partial charge in [-0.15, -0.1) is 0 Å². The van der Waals surface area contributed by atoms with E-state index in [2.05, 4.69) is 9.88 Å². The number of aromatic amines is 1. The Kier molecular flexibility index (Phi) is 5.30. The second kappa shape index (κ2) is 7.44. The summed E-state index contributed by atoms with van der Waals surface area (Å²) in [6, 6.07) is 0. The van der Waals surface area contributed by atoms with Crippen LogP contribution < -0.4 is 5.56 Å². The lowest BCUT2D eigenvalue weighted by molar-refractivity contribution is -0.133. The fraction of sp³-hybridized carbons (Fsp3) is 0.706. The zero-order valence-corrected chi connectivity index (χ0v) is 14.5. The predicted molar refractivity (Wildman–Crippen MR) is 89.9 cm³/mol. The molecule has 7 nitrogen and oxygen atoms in total. The summed E-state index contributed by atoms with van der Waals surface area (Å²) in [5.41, 5.74) is 1.69. The summed E-state index contributed by atoms with van der Waals surface area (Å²) in [6.45, 7) is 3.43. The molecule has 0 saturated carbocycles. The van der Waals surface area contributed by atoms with Gasteiger partial charge in [0.25, 0.3) is 5.56 Å². The average Bonchev–Trinajstić information content (AvgIpc) is 2.60. The Balaban J connectivity index is 1.75. The number of hydrogen-bond acceptors (Lipinski definition) is 5. The highest BCUT2D eigenvalue weighted by Crippen LogP contribution is 2.25. The first kappa shape index (κ1) is 17.1. The Labute approximate surface area is 142 Å². The van der Waals surface area contributed by atoms with Gasteiger partial charge in [-0.3, -0.25) is 9.59 Å². The molecule has 3 heterocycles. The number of amides is 1. The lowest BCUT2D eigenvalue weighted by Crippen LogP contribution is -2.41. The number of fused-ring (bicyclic) bond motifs is 1. The zero-order chi connectivity index (χ0) is 17.1. The van der Waals surface area contributed by atoms with Gasteiger partial charge in [0.1, 0.15) is 5.82 Å². The third-order valence-corrected chi connectivity index (χ3v) is 4.96. The monoisotopic (exact) mass is 334 g/mol. The quantitative estimate of drug-likeness (QED) is 0.867. The molecule has 1 amide bonds. The van der Waals surface area contributed by atoms with E-state index in [0.717, 1.165) is 49.4 Å². The van der Waals surface area contributed by atoms with Crippen LogP contribution in [0.1, 0.15) is 42.3 Å². The van der Waals surface area contributed by atoms with Crippen molar-refractivity contribution in [3.63, 3.8) is 0 Å². The normalized spacial score (nSPS) is 21.6. The number of piperidine rings is 1. The van der Waals surface area contributed by atoms with E-state index in [0.29, 0.717) is 26.1 Å². The van der Waals surface area contributed by atoms with E-state index in [1.54, 1.807) is 7.11 Å². The van der Waals surface area contributed by atoms with Crippen LogP contribution in [-0.2, 0) is 22.5 Å². The molecular formula is C17H26N4O3. The molecule has 1 unspecified atom stereocenters. The molecule has 3 rings (SSSR count). The predicted octanol–water partition coefficient (Wildman–Crippen LogP) is 0.500. The van der Waals surface area contributed by atoms with Gasteiger partial charge in [0.15, 0.2) is 0 Å². The number of H-pyrrole nitrogens is 1. The van der Waals surface area contributed by atoms with Crippen LogP contribution in [0.3, 0.4) is 0 Å². The van der Waals surface area contributed by atoms with Crippen molar-refractivity contribution < 1.29 is 9.53 Å². The number of likely N-dealkylation sites (tertiary alicyclic amines) is 1. The fourth-order valence-corrected chi connectivity index (χ4v) is 3.55. The number of nitrogens with one attached hydrogen (secondary N) is 1. The molecule has 1 atom stereocenters. The number of hydrogen-bond donors (Lipinski definition) is 1. The van der Waals surface area contributed by atoms with Gasteiger partial charge in [-0.1, -0.05) is 0 Å². The highest BCUT2D eigenvalue weighted by Gasteiger charge is 2.28. The van der Waals surface area contributed by atoms with Crippen molar-refractivity contribution in [3.8, 4) is 0 Å². The molecule has 1 N–H and O–H groups in total. The van der Waals surface area contributed by atoms with Crippen LogP contribution >= 0.6 is 0 Å². The molecule has 1 saturated heterocycles. The molecule has 1 aromatic heterocycles. The number of likely N-dealkylation sites (N-methyl/N-ethyl adjacent to an activating group) is 1. The van der Waals surface area contributed by atoms with E-state index in [4.69, 9.17) is 9.72 Å². The van der Waals surface area contributed by atoms with Crippen LogP contribution in [0.4, 0.5) is 0 Å². The van der Waals surface area contributed by atoms with Crippen molar-refractivity contribution in [1.82, 2.24) is 19.8 Å². The SMILES string of the molecule is COCCC(=O)N1CCCC(c2nc3c(c(=O)[nH]2)CN(C)CC3)C1. The largest absolute Gasteiger partial charge is 0.384 e. The third-order valence-electron chi connectivity index (χ3n) is 4.96. The van der Waals surface area contributed by atoms with Gasteiger partial charge in [-0.25, -0.2) is 4.98 Å². The smallest absolute Gasteiger partial charge is 0.255 e. The maximum atomic E-state index is 12.4. The second-order valence-electron chi connectivity index (χ2n) is 6.79. The van der Waals surface area contributed by atoms with Gasteiger partial charge in [0.2, 0.25) is 5.91 Å². The number of methoxy groups -OCH3 is 1. The molecule has 0 aromatic carbocycles. The lowest BCUT2D eigenvalue weighted by Gasteiger charge is -2.33. The Morgan fingerprint density at radius 1 is 1.42 bits per heavy atom. The van der Waals surface area contributed by atoms with Crippen molar-refractivity contribution in [1.29, 1.82) is 0 Å². The van der Waals surface area contributed by atoms with Crippen LogP contribution in [-0.4, -0.2) is 66.1 Å². The number of carbonyl (C=O) groups is 1. The Morgan fingerprint density at radius 3 is 3.04 bits per heavy atom. The second-order valence-corrected chi connectivity index (χ2v) is 6.79. The molecule has 7 heteroatoms. The maximum absolute atomic E-state index is 12.4. The minimum absolute atomic E-state index is 0.0237. The molecule has 0 aliphatic carbocycles. The summed E-state index contributed by atoms with van der Waals surface area (Å²) >= 11 is 0. The number of nitrogens with zero attached hydrogens (tertiary/aromatic N) is 3. The Bertz CT molecular complexity index is 658. The highest BCUT2D eigenvalue weighted by atomic mass is 16.5. The number of ether oxygens (including phenoxy) is 1. The third kappa shape index (κ3) is 3.67. The minimum Gasteiger partial charge on any atom is -0.384 e. The van der Waals surface area contributed by atoms with Crippen molar-refractivity contribution in [2.24, 2.45) is 0 Å². The summed E-state index contributed by atoms with van der Waals surface area (Å²) in [4.78, 5) is 36.4. The topological polar surface area (TPSA) is 78.5 Å². The average molecular weight is 334 g/mol. The molecule has 0 spiro atoms. The molecule has 2 aliphatic rings. The van der Waals surface area contributed by atoms with E-state index in [1.807, 2.05) is 11.9 Å². The first-order valence-electron chi connectivity index (χ1n) is 8.65. The Morgan fingerprint density at radius 2 is 2.25 bits per heavy atom. The van der Waals surface area contributed by atoms with Crippen molar-refractivity contribution in [2.75, 3.05) is 40.4 Å². The molecule has 0 bridgehead atoms. The van der Waals surface area contributed by atoms with Gasteiger partial charge >= 0.3 is 0 Å². The van der Waals surface area contributed by atoms with E-state index < -0.39 is 0 Å². The molecule has 132 valence electrons. The summed E-state index contributed by atoms with van der Waals surface area (Å²) in [5.74, 6) is 0.971. The molecule has 24 heavy (non-hydrogen) atoms. The Hall–Kier alpha value is -1.73. The summed E-state index contributed by atoms with van der Waals surface area (Å²) in [7, 11) is 3.62. The van der Waals surface area contributed by atoms with E-state index in [-0.39, 0.29) is 17.4 Å². The van der Waals surface area contributed by atoms with E-state index >= 15 is 0 Å². The fourth-order valence-electron chi connectivity index (χ4n) is 3.55. The van der Waals surface area contributed by atoms with Crippen LogP contribution in [0, 0.1) is 0 Å². The van der Waals surface area contributed by atoms with E-state index in [9.17, 15) is 9.59 Å². The van der Waals surface area contributed by atoms with Crippen molar-refractivity contribution in [2.45, 2.75) is 38.1 Å².